The first-order valence-corrected chi connectivity index (χ1v) is 6.54. The van der Waals surface area contributed by atoms with E-state index in [0.29, 0.717) is 6.04 Å². The molecular weight excluding hydrogens is 287 g/mol. The number of rotatable bonds is 4. The van der Waals surface area contributed by atoms with E-state index in [1.54, 1.807) is 0 Å². The van der Waals surface area contributed by atoms with Crippen molar-refractivity contribution in [2.45, 2.75) is 31.7 Å². The molecule has 1 aromatic rings. The molecule has 1 aliphatic heterocycles. The summed E-state index contributed by atoms with van der Waals surface area (Å²) in [5.74, 6) is -2.76. The normalized spacial score (nSPS) is 18.0. The van der Waals surface area contributed by atoms with Crippen LogP contribution in [-0.2, 0) is 16.1 Å². The lowest BCUT2D eigenvalue weighted by molar-refractivity contribution is -0.192. The smallest absolute Gasteiger partial charge is 0.475 e. The molecule has 0 saturated carbocycles. The zero-order valence-electron chi connectivity index (χ0n) is 11.4. The van der Waals surface area contributed by atoms with Crippen molar-refractivity contribution in [2.24, 2.45) is 0 Å². The monoisotopic (exact) mass is 305 g/mol. The van der Waals surface area contributed by atoms with Crippen molar-refractivity contribution in [2.75, 3.05) is 13.2 Å². The molecule has 0 spiro atoms. The topological polar surface area (TPSA) is 58.6 Å². The highest BCUT2D eigenvalue weighted by atomic mass is 19.4. The van der Waals surface area contributed by atoms with E-state index in [2.05, 4.69) is 17.4 Å². The molecule has 1 atom stereocenters. The fourth-order valence-corrected chi connectivity index (χ4v) is 1.79. The molecule has 2 rings (SSSR count). The van der Waals surface area contributed by atoms with Gasteiger partial charge in [0.2, 0.25) is 0 Å². The summed E-state index contributed by atoms with van der Waals surface area (Å²) in [5, 5.41) is 10.5. The fourth-order valence-electron chi connectivity index (χ4n) is 1.79. The maximum atomic E-state index is 10.6. The van der Waals surface area contributed by atoms with Crippen molar-refractivity contribution in [3.63, 3.8) is 0 Å². The summed E-state index contributed by atoms with van der Waals surface area (Å²) >= 11 is 0. The molecule has 1 aromatic carbocycles. The summed E-state index contributed by atoms with van der Waals surface area (Å²) in [6, 6.07) is 10.9. The number of alkyl halides is 3. The lowest BCUT2D eigenvalue weighted by Crippen LogP contribution is -2.26. The van der Waals surface area contributed by atoms with Gasteiger partial charge in [-0.15, -0.1) is 0 Å². The second-order valence-electron chi connectivity index (χ2n) is 4.60. The molecule has 0 bridgehead atoms. The Kier molecular flexibility index (Phi) is 7.18. The van der Waals surface area contributed by atoms with Crippen LogP contribution in [0.2, 0.25) is 0 Å². The Morgan fingerprint density at radius 1 is 1.33 bits per heavy atom. The van der Waals surface area contributed by atoms with Crippen LogP contribution in [0.3, 0.4) is 0 Å². The lowest BCUT2D eigenvalue weighted by Gasteiger charge is -2.10. The number of carboxylic acids is 1. The molecule has 21 heavy (non-hydrogen) atoms. The Bertz CT molecular complexity index is 417. The summed E-state index contributed by atoms with van der Waals surface area (Å²) < 4.78 is 37.4. The maximum absolute atomic E-state index is 10.6. The lowest BCUT2D eigenvalue weighted by atomic mass is 10.2. The average molecular weight is 305 g/mol. The van der Waals surface area contributed by atoms with Gasteiger partial charge in [-0.25, -0.2) is 4.79 Å². The first-order chi connectivity index (χ1) is 9.89. The van der Waals surface area contributed by atoms with E-state index in [1.807, 2.05) is 18.2 Å². The van der Waals surface area contributed by atoms with Gasteiger partial charge in [-0.1, -0.05) is 30.3 Å². The van der Waals surface area contributed by atoms with E-state index in [1.165, 1.54) is 18.4 Å². The van der Waals surface area contributed by atoms with Crippen molar-refractivity contribution in [1.82, 2.24) is 5.32 Å². The van der Waals surface area contributed by atoms with Crippen molar-refractivity contribution in [1.29, 1.82) is 0 Å². The minimum Gasteiger partial charge on any atom is -0.475 e. The third-order valence-corrected chi connectivity index (χ3v) is 2.84. The summed E-state index contributed by atoms with van der Waals surface area (Å²) in [7, 11) is 0. The molecule has 0 aliphatic carbocycles. The molecule has 1 aliphatic rings. The van der Waals surface area contributed by atoms with Crippen molar-refractivity contribution in [3.8, 4) is 0 Å². The second kappa shape index (κ2) is 8.63. The minimum atomic E-state index is -5.08. The highest BCUT2D eigenvalue weighted by molar-refractivity contribution is 5.73. The number of carbonyl (C=O) groups is 1. The average Bonchev–Trinajstić information content (AvgIpc) is 2.93. The predicted octanol–water partition coefficient (Wildman–Crippen LogP) is 2.59. The largest absolute Gasteiger partial charge is 0.490 e. The van der Waals surface area contributed by atoms with Crippen LogP contribution in [0.4, 0.5) is 13.2 Å². The van der Waals surface area contributed by atoms with Crippen LogP contribution in [0.5, 0.6) is 0 Å². The summed E-state index contributed by atoms with van der Waals surface area (Å²) in [6.07, 6.45) is -2.53. The van der Waals surface area contributed by atoms with Gasteiger partial charge in [0.1, 0.15) is 0 Å². The molecule has 0 radical (unpaired) electrons. The molecule has 1 fully saturated rings. The zero-order chi connectivity index (χ0) is 15.7. The number of hydrogen-bond donors (Lipinski definition) is 2. The third kappa shape index (κ3) is 7.67. The van der Waals surface area contributed by atoms with Gasteiger partial charge in [-0.2, -0.15) is 13.2 Å². The number of ether oxygens (including phenoxy) is 1. The van der Waals surface area contributed by atoms with Crippen LogP contribution in [0.25, 0.3) is 0 Å². The van der Waals surface area contributed by atoms with Crippen LogP contribution >= 0.6 is 0 Å². The van der Waals surface area contributed by atoms with Gasteiger partial charge in [-0.3, -0.25) is 0 Å². The molecular formula is C14H18F3NO3. The molecule has 2 N–H and O–H groups in total. The zero-order valence-corrected chi connectivity index (χ0v) is 11.4. The standard InChI is InChI=1S/C12H17NO.C2HF3O2/c1-2-5-11(6-3-1)9-14-10-12-7-4-8-13-12;3-2(4,5)1(6)7/h1-3,5-6,12-13H,4,7-10H2;(H,6,7). The van der Waals surface area contributed by atoms with E-state index >= 15 is 0 Å². The number of hydrogen-bond acceptors (Lipinski definition) is 3. The Balaban J connectivity index is 0.000000270. The number of aliphatic carboxylic acids is 1. The Morgan fingerprint density at radius 3 is 2.43 bits per heavy atom. The molecule has 118 valence electrons. The number of carboxylic acid groups (broad SMARTS) is 1. The first kappa shape index (κ1) is 17.5. The number of nitrogens with one attached hydrogen (secondary N) is 1. The predicted molar refractivity (Wildman–Crippen MR) is 70.8 cm³/mol. The molecule has 0 aromatic heterocycles. The van der Waals surface area contributed by atoms with Gasteiger partial charge in [-0.05, 0) is 24.9 Å². The molecule has 0 amide bonds. The molecule has 7 heteroatoms. The minimum absolute atomic E-state index is 0.582. The molecule has 1 saturated heterocycles. The molecule has 4 nitrogen and oxygen atoms in total. The first-order valence-electron chi connectivity index (χ1n) is 6.54. The van der Waals surface area contributed by atoms with E-state index < -0.39 is 12.1 Å². The van der Waals surface area contributed by atoms with Crippen LogP contribution < -0.4 is 5.32 Å². The third-order valence-electron chi connectivity index (χ3n) is 2.84. The fraction of sp³-hybridized carbons (Fsp3) is 0.500. The Hall–Kier alpha value is -1.60. The number of benzene rings is 1. The maximum Gasteiger partial charge on any atom is 0.490 e. The Labute approximate surface area is 120 Å². The summed E-state index contributed by atoms with van der Waals surface area (Å²) in [5.41, 5.74) is 1.26. The Morgan fingerprint density at radius 2 is 1.95 bits per heavy atom. The van der Waals surface area contributed by atoms with E-state index in [0.717, 1.165) is 19.8 Å². The second-order valence-corrected chi connectivity index (χ2v) is 4.60. The number of halogens is 3. The van der Waals surface area contributed by atoms with Gasteiger partial charge in [0, 0.05) is 6.04 Å². The highest BCUT2D eigenvalue weighted by Gasteiger charge is 2.38. The SMILES string of the molecule is O=C(O)C(F)(F)F.c1ccc(COCC2CCCN2)cc1. The molecule has 1 unspecified atom stereocenters. The van der Waals surface area contributed by atoms with E-state index in [9.17, 15) is 13.2 Å². The van der Waals surface area contributed by atoms with Gasteiger partial charge in [0.25, 0.3) is 0 Å². The van der Waals surface area contributed by atoms with Crippen LogP contribution in [0, 0.1) is 0 Å². The van der Waals surface area contributed by atoms with Crippen LogP contribution in [0.15, 0.2) is 30.3 Å². The van der Waals surface area contributed by atoms with Crippen molar-refractivity contribution >= 4 is 5.97 Å². The van der Waals surface area contributed by atoms with Crippen molar-refractivity contribution in [3.05, 3.63) is 35.9 Å². The quantitative estimate of drug-likeness (QED) is 0.897. The van der Waals surface area contributed by atoms with E-state index in [4.69, 9.17) is 14.6 Å². The van der Waals surface area contributed by atoms with Gasteiger partial charge >= 0.3 is 12.1 Å². The summed E-state index contributed by atoms with van der Waals surface area (Å²) in [6.45, 7) is 2.73. The highest BCUT2D eigenvalue weighted by Crippen LogP contribution is 2.13. The van der Waals surface area contributed by atoms with Gasteiger partial charge < -0.3 is 15.2 Å². The van der Waals surface area contributed by atoms with Crippen LogP contribution in [0.1, 0.15) is 18.4 Å². The van der Waals surface area contributed by atoms with Crippen LogP contribution in [-0.4, -0.2) is 36.4 Å². The summed E-state index contributed by atoms with van der Waals surface area (Å²) in [4.78, 5) is 8.90. The molecule has 1 heterocycles. The van der Waals surface area contributed by atoms with E-state index in [-0.39, 0.29) is 0 Å². The van der Waals surface area contributed by atoms with Crippen molar-refractivity contribution < 1.29 is 27.8 Å². The van der Waals surface area contributed by atoms with Gasteiger partial charge in [0.05, 0.1) is 13.2 Å². The van der Waals surface area contributed by atoms with Gasteiger partial charge in [0.15, 0.2) is 0 Å².